The van der Waals surface area contributed by atoms with E-state index in [2.05, 4.69) is 5.10 Å². The molecule has 0 aliphatic carbocycles. The number of carbonyl (C=O) groups excluding carboxylic acids is 1. The van der Waals surface area contributed by atoms with Crippen LogP contribution in [0.1, 0.15) is 28.9 Å². The Morgan fingerprint density at radius 1 is 1.48 bits per heavy atom. The number of hydrogen-bond donors (Lipinski definition) is 0. The summed E-state index contributed by atoms with van der Waals surface area (Å²) in [4.78, 5) is 24.9. The van der Waals surface area contributed by atoms with Crippen LogP contribution in [0, 0.1) is 10.1 Å². The molecule has 8 nitrogen and oxygen atoms in total. The third-order valence-electron chi connectivity index (χ3n) is 3.74. The van der Waals surface area contributed by atoms with E-state index in [0.717, 1.165) is 5.56 Å². The van der Waals surface area contributed by atoms with Gasteiger partial charge < -0.3 is 9.64 Å². The normalized spacial score (nSPS) is 11.8. The zero-order valence-electron chi connectivity index (χ0n) is 13.4. The first-order valence-electron chi connectivity index (χ1n) is 6.94. The highest BCUT2D eigenvalue weighted by Gasteiger charge is 2.29. The molecule has 0 bridgehead atoms. The van der Waals surface area contributed by atoms with E-state index < -0.39 is 10.8 Å². The number of benzene rings is 1. The number of rotatable bonds is 5. The average molecular weight is 318 g/mol. The van der Waals surface area contributed by atoms with Crippen molar-refractivity contribution in [2.75, 3.05) is 14.2 Å². The van der Waals surface area contributed by atoms with Crippen LogP contribution in [0.15, 0.2) is 30.6 Å². The lowest BCUT2D eigenvalue weighted by Crippen LogP contribution is -2.30. The summed E-state index contributed by atoms with van der Waals surface area (Å²) in [5, 5.41) is 15.4. The van der Waals surface area contributed by atoms with Crippen LogP contribution >= 0.6 is 0 Å². The van der Waals surface area contributed by atoms with Crippen molar-refractivity contribution < 1.29 is 14.5 Å². The molecule has 2 aromatic rings. The number of amides is 1. The van der Waals surface area contributed by atoms with Crippen molar-refractivity contribution in [3.63, 3.8) is 0 Å². The van der Waals surface area contributed by atoms with Gasteiger partial charge in [0.1, 0.15) is 5.56 Å². The highest BCUT2D eigenvalue weighted by molar-refractivity contribution is 5.99. The van der Waals surface area contributed by atoms with E-state index in [4.69, 9.17) is 4.74 Å². The molecule has 0 aliphatic heterocycles. The molecule has 0 aliphatic rings. The van der Waals surface area contributed by atoms with Crippen molar-refractivity contribution in [1.82, 2.24) is 14.7 Å². The molecule has 1 heterocycles. The first kappa shape index (κ1) is 16.5. The summed E-state index contributed by atoms with van der Waals surface area (Å²) in [5.74, 6) is -0.393. The molecule has 0 radical (unpaired) electrons. The minimum absolute atomic E-state index is 0.00686. The second kappa shape index (κ2) is 6.47. The first-order valence-corrected chi connectivity index (χ1v) is 6.94. The SMILES string of the molecule is COc1cccc(C(=O)N(C)C(C)c2cnn(C)c2)c1[N+](=O)[O-]. The standard InChI is InChI=1S/C15H18N4O4/c1-10(11-8-16-17(2)9-11)18(3)15(20)12-6-5-7-13(23-4)14(12)19(21)22/h5-10H,1-4H3. The molecule has 0 saturated carbocycles. The monoisotopic (exact) mass is 318 g/mol. The number of nitrogens with zero attached hydrogens (tertiary/aromatic N) is 4. The van der Waals surface area contributed by atoms with E-state index in [1.165, 1.54) is 24.1 Å². The van der Waals surface area contributed by atoms with E-state index in [1.807, 2.05) is 6.92 Å². The molecule has 1 aromatic heterocycles. The maximum absolute atomic E-state index is 12.7. The number of para-hydroxylation sites is 1. The summed E-state index contributed by atoms with van der Waals surface area (Å²) < 4.78 is 6.64. The molecule has 0 spiro atoms. The molecule has 0 saturated heterocycles. The molecule has 2 rings (SSSR count). The fourth-order valence-electron chi connectivity index (χ4n) is 2.29. The van der Waals surface area contributed by atoms with Crippen molar-refractivity contribution in [3.8, 4) is 5.75 Å². The summed E-state index contributed by atoms with van der Waals surface area (Å²) in [7, 11) is 4.71. The fourth-order valence-corrected chi connectivity index (χ4v) is 2.29. The van der Waals surface area contributed by atoms with Gasteiger partial charge in [-0.2, -0.15) is 5.10 Å². The van der Waals surface area contributed by atoms with E-state index in [0.29, 0.717) is 0 Å². The predicted molar refractivity (Wildman–Crippen MR) is 83.4 cm³/mol. The van der Waals surface area contributed by atoms with Gasteiger partial charge in [0.05, 0.1) is 24.3 Å². The number of ether oxygens (including phenoxy) is 1. The topological polar surface area (TPSA) is 90.5 Å². The number of methoxy groups -OCH3 is 1. The van der Waals surface area contributed by atoms with Gasteiger partial charge in [0, 0.05) is 25.9 Å². The van der Waals surface area contributed by atoms with E-state index in [-0.39, 0.29) is 23.0 Å². The number of carbonyl (C=O) groups is 1. The second-order valence-corrected chi connectivity index (χ2v) is 5.15. The number of hydrogen-bond acceptors (Lipinski definition) is 5. The molecule has 0 fully saturated rings. The quantitative estimate of drug-likeness (QED) is 0.622. The third kappa shape index (κ3) is 3.15. The minimum Gasteiger partial charge on any atom is -0.490 e. The van der Waals surface area contributed by atoms with Gasteiger partial charge in [-0.3, -0.25) is 19.6 Å². The van der Waals surface area contributed by atoms with Gasteiger partial charge in [-0.1, -0.05) is 6.07 Å². The summed E-state index contributed by atoms with van der Waals surface area (Å²) in [6.07, 6.45) is 3.46. The molecule has 1 aromatic carbocycles. The lowest BCUT2D eigenvalue weighted by atomic mass is 10.1. The largest absolute Gasteiger partial charge is 0.490 e. The predicted octanol–water partition coefficient (Wildman–Crippen LogP) is 2.17. The van der Waals surface area contributed by atoms with Gasteiger partial charge in [0.15, 0.2) is 5.75 Å². The summed E-state index contributed by atoms with van der Waals surface area (Å²) in [5.41, 5.74) is 0.506. The maximum Gasteiger partial charge on any atom is 0.323 e. The van der Waals surface area contributed by atoms with Gasteiger partial charge >= 0.3 is 5.69 Å². The molecule has 8 heteroatoms. The molecule has 1 amide bonds. The highest BCUT2D eigenvalue weighted by atomic mass is 16.6. The number of aromatic nitrogens is 2. The smallest absolute Gasteiger partial charge is 0.323 e. The minimum atomic E-state index is -0.603. The Morgan fingerprint density at radius 3 is 2.70 bits per heavy atom. The Hall–Kier alpha value is -2.90. The van der Waals surface area contributed by atoms with Crippen molar-refractivity contribution in [2.24, 2.45) is 7.05 Å². The molecule has 1 atom stereocenters. The Bertz CT molecular complexity index is 741. The van der Waals surface area contributed by atoms with Crippen LogP contribution in [0.3, 0.4) is 0 Å². The van der Waals surface area contributed by atoms with Crippen LogP contribution in [0.25, 0.3) is 0 Å². The highest BCUT2D eigenvalue weighted by Crippen LogP contribution is 2.32. The summed E-state index contributed by atoms with van der Waals surface area (Å²) in [6, 6.07) is 4.17. The van der Waals surface area contributed by atoms with Crippen molar-refractivity contribution in [3.05, 3.63) is 51.8 Å². The number of nitro groups is 1. The Kier molecular flexibility index (Phi) is 4.63. The Morgan fingerprint density at radius 2 is 2.17 bits per heavy atom. The van der Waals surface area contributed by atoms with Gasteiger partial charge in [-0.15, -0.1) is 0 Å². The Balaban J connectivity index is 2.38. The summed E-state index contributed by atoms with van der Waals surface area (Å²) in [6.45, 7) is 1.83. The van der Waals surface area contributed by atoms with E-state index in [1.54, 1.807) is 37.2 Å². The molecule has 1 unspecified atom stereocenters. The second-order valence-electron chi connectivity index (χ2n) is 5.15. The molecule has 23 heavy (non-hydrogen) atoms. The maximum atomic E-state index is 12.7. The molecule has 122 valence electrons. The van der Waals surface area contributed by atoms with Gasteiger partial charge in [0.2, 0.25) is 0 Å². The lowest BCUT2D eigenvalue weighted by Gasteiger charge is -2.24. The van der Waals surface area contributed by atoms with E-state index in [9.17, 15) is 14.9 Å². The lowest BCUT2D eigenvalue weighted by molar-refractivity contribution is -0.386. The van der Waals surface area contributed by atoms with Crippen LogP contribution in [-0.2, 0) is 7.05 Å². The van der Waals surface area contributed by atoms with Crippen molar-refractivity contribution in [2.45, 2.75) is 13.0 Å². The average Bonchev–Trinajstić information content (AvgIpc) is 2.98. The fraction of sp³-hybridized carbons (Fsp3) is 0.333. The van der Waals surface area contributed by atoms with Crippen LogP contribution in [0.2, 0.25) is 0 Å². The van der Waals surface area contributed by atoms with Crippen LogP contribution < -0.4 is 4.74 Å². The molecular formula is C15H18N4O4. The third-order valence-corrected chi connectivity index (χ3v) is 3.74. The van der Waals surface area contributed by atoms with E-state index >= 15 is 0 Å². The van der Waals surface area contributed by atoms with Crippen molar-refractivity contribution in [1.29, 1.82) is 0 Å². The van der Waals surface area contributed by atoms with Crippen LogP contribution in [-0.4, -0.2) is 39.7 Å². The summed E-state index contributed by atoms with van der Waals surface area (Å²) >= 11 is 0. The van der Waals surface area contributed by atoms with Crippen LogP contribution in [0.4, 0.5) is 5.69 Å². The zero-order chi connectivity index (χ0) is 17.1. The number of aryl methyl sites for hydroxylation is 1. The van der Waals surface area contributed by atoms with Crippen LogP contribution in [0.5, 0.6) is 5.75 Å². The number of nitro benzene ring substituents is 1. The van der Waals surface area contributed by atoms with Gasteiger partial charge in [0.25, 0.3) is 5.91 Å². The molecule has 0 N–H and O–H groups in total. The van der Waals surface area contributed by atoms with Crippen molar-refractivity contribution >= 4 is 11.6 Å². The molecular weight excluding hydrogens is 300 g/mol. The van der Waals surface area contributed by atoms with Gasteiger partial charge in [-0.25, -0.2) is 0 Å². The van der Waals surface area contributed by atoms with Gasteiger partial charge in [-0.05, 0) is 19.1 Å². The first-order chi connectivity index (χ1) is 10.9. The zero-order valence-corrected chi connectivity index (χ0v) is 13.4. The Labute approximate surface area is 133 Å².